The third kappa shape index (κ3) is 5.47. The summed E-state index contributed by atoms with van der Waals surface area (Å²) >= 11 is 4.63. The summed E-state index contributed by atoms with van der Waals surface area (Å²) < 4.78 is 12.1. The average molecular weight is 374 g/mol. The van der Waals surface area contributed by atoms with Crippen molar-refractivity contribution in [3.63, 3.8) is 0 Å². The second kappa shape index (κ2) is 10.3. The lowest BCUT2D eigenvalue weighted by Gasteiger charge is -2.38. The van der Waals surface area contributed by atoms with E-state index in [9.17, 15) is 0 Å². The van der Waals surface area contributed by atoms with Crippen molar-refractivity contribution in [1.82, 2.24) is 0 Å². The standard InChI is InChI=1S/C22H31NO2S/c1-2-3-4-5-17-6-8-18(9-7-17)20-14-24-22(25-15-20)19-10-12-21(13-11-19)23-16-26/h10-13,17-18,20,22H,2-9,14-15H2,1H3. The summed E-state index contributed by atoms with van der Waals surface area (Å²) in [6, 6.07) is 7.84. The number of hydrogen-bond donors (Lipinski definition) is 0. The van der Waals surface area contributed by atoms with Crippen molar-refractivity contribution in [2.45, 2.75) is 64.6 Å². The summed E-state index contributed by atoms with van der Waals surface area (Å²) in [6.45, 7) is 3.92. The minimum atomic E-state index is -0.248. The molecule has 4 heteroatoms. The lowest BCUT2D eigenvalue weighted by atomic mass is 9.74. The number of isothiocyanates is 1. The number of hydrogen-bond acceptors (Lipinski definition) is 4. The smallest absolute Gasteiger partial charge is 0.183 e. The monoisotopic (exact) mass is 373 g/mol. The van der Waals surface area contributed by atoms with Gasteiger partial charge in [-0.25, -0.2) is 0 Å². The van der Waals surface area contributed by atoms with E-state index < -0.39 is 0 Å². The molecule has 1 aliphatic heterocycles. The molecule has 2 aliphatic rings. The van der Waals surface area contributed by atoms with Crippen LogP contribution in [0, 0.1) is 17.8 Å². The lowest BCUT2D eigenvalue weighted by Crippen LogP contribution is -2.34. The first-order chi connectivity index (χ1) is 12.8. The molecule has 142 valence electrons. The first kappa shape index (κ1) is 19.7. The maximum absolute atomic E-state index is 6.05. The molecule has 0 unspecified atom stereocenters. The molecule has 2 fully saturated rings. The van der Waals surface area contributed by atoms with Crippen LogP contribution < -0.4 is 0 Å². The van der Waals surface area contributed by atoms with E-state index >= 15 is 0 Å². The first-order valence-electron chi connectivity index (χ1n) is 10.2. The van der Waals surface area contributed by atoms with Crippen LogP contribution in [0.25, 0.3) is 0 Å². The fourth-order valence-corrected chi connectivity index (χ4v) is 4.48. The van der Waals surface area contributed by atoms with E-state index in [2.05, 4.69) is 29.3 Å². The number of rotatable bonds is 7. The summed E-state index contributed by atoms with van der Waals surface area (Å²) in [6.07, 6.45) is 10.8. The van der Waals surface area contributed by atoms with Gasteiger partial charge in [-0.1, -0.05) is 57.6 Å². The highest BCUT2D eigenvalue weighted by atomic mass is 32.1. The molecule has 0 radical (unpaired) electrons. The zero-order valence-corrected chi connectivity index (χ0v) is 16.7. The minimum absolute atomic E-state index is 0.248. The molecular weight excluding hydrogens is 342 g/mol. The third-order valence-electron chi connectivity index (χ3n) is 6.04. The highest BCUT2D eigenvalue weighted by Gasteiger charge is 2.32. The van der Waals surface area contributed by atoms with Gasteiger partial charge in [0.1, 0.15) is 0 Å². The van der Waals surface area contributed by atoms with Gasteiger partial charge in [0.15, 0.2) is 6.29 Å². The van der Waals surface area contributed by atoms with Gasteiger partial charge < -0.3 is 9.47 Å². The Balaban J connectivity index is 1.42. The van der Waals surface area contributed by atoms with E-state index in [1.54, 1.807) is 0 Å². The molecule has 0 N–H and O–H groups in total. The largest absolute Gasteiger partial charge is 0.348 e. The van der Waals surface area contributed by atoms with Gasteiger partial charge in [0, 0.05) is 11.5 Å². The summed E-state index contributed by atoms with van der Waals surface area (Å²) in [4.78, 5) is 3.98. The van der Waals surface area contributed by atoms with Gasteiger partial charge in [0.25, 0.3) is 0 Å². The number of benzene rings is 1. The van der Waals surface area contributed by atoms with E-state index in [1.807, 2.05) is 24.3 Å². The zero-order chi connectivity index (χ0) is 18.2. The predicted octanol–water partition coefficient (Wildman–Crippen LogP) is 6.47. The van der Waals surface area contributed by atoms with Crippen molar-refractivity contribution in [1.29, 1.82) is 0 Å². The molecule has 1 saturated heterocycles. The van der Waals surface area contributed by atoms with Gasteiger partial charge in [-0.2, -0.15) is 4.99 Å². The molecule has 1 aromatic rings. The topological polar surface area (TPSA) is 30.8 Å². The quantitative estimate of drug-likeness (QED) is 0.312. The minimum Gasteiger partial charge on any atom is -0.348 e. The molecule has 0 amide bonds. The van der Waals surface area contributed by atoms with Gasteiger partial charge in [0.05, 0.1) is 24.1 Å². The summed E-state index contributed by atoms with van der Waals surface area (Å²) in [5, 5.41) is 2.39. The van der Waals surface area contributed by atoms with Crippen molar-refractivity contribution < 1.29 is 9.47 Å². The second-order valence-electron chi connectivity index (χ2n) is 7.83. The van der Waals surface area contributed by atoms with E-state index in [1.165, 1.54) is 51.4 Å². The molecule has 1 aliphatic carbocycles. The first-order valence-corrected chi connectivity index (χ1v) is 10.6. The SMILES string of the molecule is CCCCCC1CCC(C2COC(c3ccc(N=C=S)cc3)OC2)CC1. The van der Waals surface area contributed by atoms with Crippen LogP contribution in [0.1, 0.15) is 70.1 Å². The third-order valence-corrected chi connectivity index (χ3v) is 6.13. The molecule has 1 saturated carbocycles. The fourth-order valence-electron chi connectivity index (χ4n) is 4.37. The van der Waals surface area contributed by atoms with Gasteiger partial charge in [-0.3, -0.25) is 0 Å². The zero-order valence-electron chi connectivity index (χ0n) is 15.9. The Labute approximate surface area is 163 Å². The molecule has 3 nitrogen and oxygen atoms in total. The van der Waals surface area contributed by atoms with Gasteiger partial charge in [-0.05, 0) is 49.0 Å². The Morgan fingerprint density at radius 2 is 1.69 bits per heavy atom. The highest BCUT2D eigenvalue weighted by Crippen LogP contribution is 2.38. The van der Waals surface area contributed by atoms with Crippen molar-refractivity contribution in [2.75, 3.05) is 13.2 Å². The fraction of sp³-hybridized carbons (Fsp3) is 0.682. The van der Waals surface area contributed by atoms with E-state index in [0.717, 1.165) is 36.3 Å². The van der Waals surface area contributed by atoms with E-state index in [0.29, 0.717) is 5.92 Å². The van der Waals surface area contributed by atoms with Crippen LogP contribution in [0.3, 0.4) is 0 Å². The van der Waals surface area contributed by atoms with Crippen LogP contribution in [0.4, 0.5) is 5.69 Å². The van der Waals surface area contributed by atoms with Crippen LogP contribution in [0.5, 0.6) is 0 Å². The van der Waals surface area contributed by atoms with Crippen molar-refractivity contribution in [3.05, 3.63) is 29.8 Å². The van der Waals surface area contributed by atoms with Crippen molar-refractivity contribution >= 4 is 23.1 Å². The Bertz CT molecular complexity index is 581. The molecule has 3 rings (SSSR count). The van der Waals surface area contributed by atoms with Crippen molar-refractivity contribution in [3.8, 4) is 0 Å². The Morgan fingerprint density at radius 3 is 2.31 bits per heavy atom. The summed E-state index contributed by atoms with van der Waals surface area (Å²) in [5.41, 5.74) is 1.86. The Hall–Kier alpha value is -1.06. The number of thiocarbonyl (C=S) groups is 1. The highest BCUT2D eigenvalue weighted by molar-refractivity contribution is 7.78. The van der Waals surface area contributed by atoms with Crippen LogP contribution in [0.15, 0.2) is 29.3 Å². The molecule has 0 spiro atoms. The number of ether oxygens (including phenoxy) is 2. The average Bonchev–Trinajstić information content (AvgIpc) is 2.70. The Morgan fingerprint density at radius 1 is 1.00 bits per heavy atom. The maximum Gasteiger partial charge on any atom is 0.183 e. The number of unbranched alkanes of at least 4 members (excludes halogenated alkanes) is 2. The normalized spacial score (nSPS) is 29.1. The summed E-state index contributed by atoms with van der Waals surface area (Å²) in [7, 11) is 0. The number of nitrogens with zero attached hydrogens (tertiary/aromatic N) is 1. The molecule has 0 bridgehead atoms. The van der Waals surface area contributed by atoms with Crippen LogP contribution in [-0.4, -0.2) is 18.4 Å². The van der Waals surface area contributed by atoms with Crippen LogP contribution >= 0.6 is 12.2 Å². The molecule has 0 aromatic heterocycles. The molecular formula is C22H31NO2S. The molecule has 1 aromatic carbocycles. The van der Waals surface area contributed by atoms with E-state index in [4.69, 9.17) is 9.47 Å². The molecule has 0 atom stereocenters. The second-order valence-corrected chi connectivity index (χ2v) is 8.01. The summed E-state index contributed by atoms with van der Waals surface area (Å²) in [5.74, 6) is 2.30. The van der Waals surface area contributed by atoms with Gasteiger partial charge in [0.2, 0.25) is 0 Å². The lowest BCUT2D eigenvalue weighted by molar-refractivity contribution is -0.214. The van der Waals surface area contributed by atoms with Crippen LogP contribution in [0.2, 0.25) is 0 Å². The molecule has 26 heavy (non-hydrogen) atoms. The maximum atomic E-state index is 6.05. The molecule has 1 heterocycles. The predicted molar refractivity (Wildman–Crippen MR) is 109 cm³/mol. The van der Waals surface area contributed by atoms with Crippen LogP contribution in [-0.2, 0) is 9.47 Å². The van der Waals surface area contributed by atoms with Gasteiger partial charge >= 0.3 is 0 Å². The van der Waals surface area contributed by atoms with Gasteiger partial charge in [-0.15, -0.1) is 0 Å². The number of aliphatic imine (C=N–C) groups is 1. The van der Waals surface area contributed by atoms with E-state index in [-0.39, 0.29) is 6.29 Å². The van der Waals surface area contributed by atoms with Crippen molar-refractivity contribution in [2.24, 2.45) is 22.7 Å². The Kier molecular flexibility index (Phi) is 7.82.